The molecule has 2 N–H and O–H groups in total. The highest BCUT2D eigenvalue weighted by molar-refractivity contribution is 7.94. The van der Waals surface area contributed by atoms with Gasteiger partial charge < -0.3 is 5.11 Å². The summed E-state index contributed by atoms with van der Waals surface area (Å²) in [6.07, 6.45) is 4.54. The highest BCUT2D eigenvalue weighted by Crippen LogP contribution is 2.23. The minimum Gasteiger partial charge on any atom is -0.396 e. The van der Waals surface area contributed by atoms with Crippen LogP contribution in [-0.4, -0.2) is 30.1 Å². The maximum Gasteiger partial charge on any atom is 0.271 e. The van der Waals surface area contributed by atoms with Crippen LogP contribution in [0.5, 0.6) is 0 Å². The number of aliphatic hydroxyl groups is 1. The van der Waals surface area contributed by atoms with E-state index in [0.29, 0.717) is 12.1 Å². The Morgan fingerprint density at radius 3 is 2.67 bits per heavy atom. The molecule has 2 aromatic rings. The molecule has 0 amide bonds. The summed E-state index contributed by atoms with van der Waals surface area (Å²) in [5, 5.41) is 8.79. The van der Waals surface area contributed by atoms with Crippen LogP contribution in [0.4, 0.5) is 5.69 Å². The van der Waals surface area contributed by atoms with Crippen molar-refractivity contribution in [1.29, 1.82) is 0 Å². The van der Waals surface area contributed by atoms with Crippen molar-refractivity contribution < 1.29 is 13.5 Å². The summed E-state index contributed by atoms with van der Waals surface area (Å²) < 4.78 is 26.6. The van der Waals surface area contributed by atoms with Crippen molar-refractivity contribution in [3.63, 3.8) is 0 Å². The number of sulfonamides is 1. The first kappa shape index (κ1) is 12.9. The van der Waals surface area contributed by atoms with Crippen molar-refractivity contribution in [2.45, 2.75) is 10.6 Å². The number of aromatic nitrogens is 2. The van der Waals surface area contributed by atoms with Crippen LogP contribution in [-0.2, 0) is 16.4 Å². The molecule has 0 saturated heterocycles. The Bertz CT molecular complexity index is 610. The molecule has 0 aliphatic rings. The fourth-order valence-corrected chi connectivity index (χ4v) is 3.68. The summed E-state index contributed by atoms with van der Waals surface area (Å²) in [5.41, 5.74) is 0.314. The van der Waals surface area contributed by atoms with Gasteiger partial charge in [0.25, 0.3) is 10.0 Å². The zero-order chi connectivity index (χ0) is 13.0. The van der Waals surface area contributed by atoms with Crippen molar-refractivity contribution in [3.05, 3.63) is 35.7 Å². The van der Waals surface area contributed by atoms with Crippen LogP contribution >= 0.6 is 11.3 Å². The van der Waals surface area contributed by atoms with E-state index in [4.69, 9.17) is 5.11 Å². The van der Waals surface area contributed by atoms with Crippen LogP contribution < -0.4 is 4.72 Å². The van der Waals surface area contributed by atoms with Crippen molar-refractivity contribution >= 4 is 27.0 Å². The van der Waals surface area contributed by atoms with Gasteiger partial charge in [0, 0.05) is 17.9 Å². The SMILES string of the molecule is O=S(=O)(Nc1cncnc1)c1ccc(CCO)s1. The molecule has 0 spiro atoms. The molecule has 18 heavy (non-hydrogen) atoms. The average Bonchev–Trinajstić information content (AvgIpc) is 2.80. The number of aliphatic hydroxyl groups excluding tert-OH is 1. The lowest BCUT2D eigenvalue weighted by atomic mass is 10.4. The van der Waals surface area contributed by atoms with Gasteiger partial charge in [0.15, 0.2) is 0 Å². The largest absolute Gasteiger partial charge is 0.396 e. The second-order valence-corrected chi connectivity index (χ2v) is 6.50. The molecular formula is C10H11N3O3S2. The molecule has 0 aliphatic carbocycles. The maximum atomic E-state index is 12.0. The third-order valence-corrected chi connectivity index (χ3v) is 5.09. The first-order valence-electron chi connectivity index (χ1n) is 5.09. The standard InChI is InChI=1S/C10H11N3O3S2/c14-4-3-9-1-2-10(17-9)18(15,16)13-8-5-11-7-12-6-8/h1-2,5-7,13-14H,3-4H2. The van der Waals surface area contributed by atoms with E-state index in [9.17, 15) is 8.42 Å². The molecular weight excluding hydrogens is 274 g/mol. The molecule has 2 aromatic heterocycles. The molecule has 0 aliphatic heterocycles. The zero-order valence-corrected chi connectivity index (χ0v) is 10.9. The Morgan fingerprint density at radius 1 is 1.28 bits per heavy atom. The Kier molecular flexibility index (Phi) is 3.90. The van der Waals surface area contributed by atoms with Crippen LogP contribution in [0.2, 0.25) is 0 Å². The third-order valence-electron chi connectivity index (χ3n) is 2.07. The van der Waals surface area contributed by atoms with Gasteiger partial charge in [-0.15, -0.1) is 11.3 Å². The molecule has 0 radical (unpaired) electrons. The predicted molar refractivity (Wildman–Crippen MR) is 67.9 cm³/mol. The Hall–Kier alpha value is -1.51. The molecule has 0 saturated carbocycles. The lowest BCUT2D eigenvalue weighted by molar-refractivity contribution is 0.300. The summed E-state index contributed by atoms with van der Waals surface area (Å²) in [5.74, 6) is 0. The normalized spacial score (nSPS) is 11.4. The van der Waals surface area contributed by atoms with Crippen LogP contribution in [0.3, 0.4) is 0 Å². The molecule has 2 rings (SSSR count). The topological polar surface area (TPSA) is 92.2 Å². The lowest BCUT2D eigenvalue weighted by Crippen LogP contribution is -2.11. The van der Waals surface area contributed by atoms with E-state index in [-0.39, 0.29) is 10.8 Å². The average molecular weight is 285 g/mol. The highest BCUT2D eigenvalue weighted by Gasteiger charge is 2.17. The van der Waals surface area contributed by atoms with Crippen LogP contribution in [0, 0.1) is 0 Å². The molecule has 0 bridgehead atoms. The zero-order valence-electron chi connectivity index (χ0n) is 9.28. The molecule has 6 nitrogen and oxygen atoms in total. The van der Waals surface area contributed by atoms with E-state index in [1.165, 1.54) is 24.8 Å². The van der Waals surface area contributed by atoms with Crippen molar-refractivity contribution in [3.8, 4) is 0 Å². The van der Waals surface area contributed by atoms with Gasteiger partial charge in [-0.1, -0.05) is 0 Å². The van der Waals surface area contributed by atoms with Crippen LogP contribution in [0.25, 0.3) is 0 Å². The summed E-state index contributed by atoms with van der Waals surface area (Å²) in [7, 11) is -3.60. The number of nitrogens with zero attached hydrogens (tertiary/aromatic N) is 2. The predicted octanol–water partition coefficient (Wildman–Crippen LogP) is 0.874. The van der Waals surface area contributed by atoms with E-state index in [1.54, 1.807) is 6.07 Å². The van der Waals surface area contributed by atoms with Crippen LogP contribution in [0.15, 0.2) is 35.1 Å². The van der Waals surface area contributed by atoms with Gasteiger partial charge >= 0.3 is 0 Å². The summed E-state index contributed by atoms with van der Waals surface area (Å²) in [6.45, 7) is -0.0000449. The Morgan fingerprint density at radius 2 is 2.00 bits per heavy atom. The molecule has 0 fully saturated rings. The number of hydrogen-bond acceptors (Lipinski definition) is 6. The van der Waals surface area contributed by atoms with Crippen molar-refractivity contribution in [2.75, 3.05) is 11.3 Å². The van der Waals surface area contributed by atoms with Crippen LogP contribution in [0.1, 0.15) is 4.88 Å². The number of rotatable bonds is 5. The van der Waals surface area contributed by atoms with E-state index in [0.717, 1.165) is 16.2 Å². The summed E-state index contributed by atoms with van der Waals surface area (Å²) >= 11 is 1.13. The molecule has 0 aromatic carbocycles. The van der Waals surface area contributed by atoms with Gasteiger partial charge in [-0.3, -0.25) is 4.72 Å². The Balaban J connectivity index is 2.20. The molecule has 0 unspecified atom stereocenters. The minimum absolute atomic E-state index is 0.0000449. The van der Waals surface area contributed by atoms with E-state index < -0.39 is 10.0 Å². The van der Waals surface area contributed by atoms with Gasteiger partial charge in [-0.2, -0.15) is 0 Å². The lowest BCUT2D eigenvalue weighted by Gasteiger charge is -2.04. The first-order chi connectivity index (χ1) is 8.62. The number of thiophene rings is 1. The van der Waals surface area contributed by atoms with Gasteiger partial charge in [-0.05, 0) is 12.1 Å². The van der Waals surface area contributed by atoms with Crippen molar-refractivity contribution in [1.82, 2.24) is 9.97 Å². The quantitative estimate of drug-likeness (QED) is 0.850. The number of hydrogen-bond donors (Lipinski definition) is 2. The number of anilines is 1. The van der Waals surface area contributed by atoms with Gasteiger partial charge in [0.1, 0.15) is 10.5 Å². The minimum atomic E-state index is -3.60. The second kappa shape index (κ2) is 5.42. The second-order valence-electron chi connectivity index (χ2n) is 3.43. The highest BCUT2D eigenvalue weighted by atomic mass is 32.2. The molecule has 8 heteroatoms. The maximum absolute atomic E-state index is 12.0. The number of nitrogens with one attached hydrogen (secondary N) is 1. The first-order valence-corrected chi connectivity index (χ1v) is 7.39. The molecule has 0 atom stereocenters. The fourth-order valence-electron chi connectivity index (χ4n) is 1.30. The summed E-state index contributed by atoms with van der Waals surface area (Å²) in [4.78, 5) is 8.28. The monoisotopic (exact) mass is 285 g/mol. The van der Waals surface area contributed by atoms with E-state index in [1.807, 2.05) is 0 Å². The smallest absolute Gasteiger partial charge is 0.271 e. The van der Waals surface area contributed by atoms with Gasteiger partial charge in [-0.25, -0.2) is 18.4 Å². The van der Waals surface area contributed by atoms with Gasteiger partial charge in [0.05, 0.1) is 18.1 Å². The van der Waals surface area contributed by atoms with Gasteiger partial charge in [0.2, 0.25) is 0 Å². The van der Waals surface area contributed by atoms with E-state index >= 15 is 0 Å². The Labute approximate surface area is 108 Å². The van der Waals surface area contributed by atoms with E-state index in [2.05, 4.69) is 14.7 Å². The molecule has 96 valence electrons. The molecule has 2 heterocycles. The third kappa shape index (κ3) is 3.03. The van der Waals surface area contributed by atoms with Crippen molar-refractivity contribution in [2.24, 2.45) is 0 Å². The fraction of sp³-hybridized carbons (Fsp3) is 0.200. The summed E-state index contributed by atoms with van der Waals surface area (Å²) in [6, 6.07) is 3.21.